The molecule has 0 aliphatic rings. The first-order chi connectivity index (χ1) is 6.01. The van der Waals surface area contributed by atoms with Crippen LogP contribution in [0, 0.1) is 0 Å². The van der Waals surface area contributed by atoms with Crippen LogP contribution in [0.25, 0.3) is 0 Å². The van der Waals surface area contributed by atoms with Crippen molar-refractivity contribution in [1.82, 2.24) is 0 Å². The van der Waals surface area contributed by atoms with E-state index in [2.05, 4.69) is 9.12 Å². The molecule has 1 rings (SSSR count). The largest absolute Gasteiger partial charge is 0.488 e. The van der Waals surface area contributed by atoms with Crippen LogP contribution in [-0.4, -0.2) is 8.42 Å². The second-order valence-electron chi connectivity index (χ2n) is 2.02. The fourth-order valence-corrected chi connectivity index (χ4v) is 1.00. The molecule has 0 unspecified atom stereocenters. The van der Waals surface area contributed by atoms with E-state index in [-0.39, 0.29) is 11.5 Å². The second-order valence-corrected chi connectivity index (χ2v) is 2.98. The zero-order chi connectivity index (χ0) is 9.90. The highest BCUT2D eigenvalue weighted by Crippen LogP contribution is 2.19. The molecular weight excluding hydrogens is 206 g/mol. The maximum atomic E-state index is 11.9. The molecule has 0 spiro atoms. The van der Waals surface area contributed by atoms with Crippen molar-refractivity contribution >= 4 is 10.5 Å². The Morgan fingerprint density at radius 2 is 1.54 bits per heavy atom. The van der Waals surface area contributed by atoms with Crippen LogP contribution >= 0.6 is 0 Å². The highest BCUT2D eigenvalue weighted by Gasteiger charge is 2.08. The van der Waals surface area contributed by atoms with Gasteiger partial charge in [0, 0.05) is 4.53 Å². The van der Waals surface area contributed by atoms with Crippen LogP contribution in [0.3, 0.4) is 0 Å². The number of hydrogen-bond donors (Lipinski definition) is 0. The van der Waals surface area contributed by atoms with Crippen molar-refractivity contribution in [3.05, 3.63) is 24.3 Å². The van der Waals surface area contributed by atoms with E-state index in [1.54, 1.807) is 0 Å². The lowest BCUT2D eigenvalue weighted by Gasteiger charge is -1.99. The molecular formula is C6H4F2O4S. The van der Waals surface area contributed by atoms with E-state index in [0.717, 1.165) is 24.3 Å². The van der Waals surface area contributed by atoms with Crippen molar-refractivity contribution in [2.45, 2.75) is 0 Å². The summed E-state index contributed by atoms with van der Waals surface area (Å²) in [5.74, 6) is -0.396. The van der Waals surface area contributed by atoms with Gasteiger partial charge >= 0.3 is 10.5 Å². The minimum atomic E-state index is -5.03. The normalized spacial score (nSPS) is 10.9. The average molecular weight is 210 g/mol. The lowest BCUT2D eigenvalue weighted by atomic mass is 10.3. The minimum Gasteiger partial charge on any atom is -0.358 e. The third-order valence-electron chi connectivity index (χ3n) is 1.11. The molecule has 7 heteroatoms. The zero-order valence-electron chi connectivity index (χ0n) is 6.11. The van der Waals surface area contributed by atoms with Crippen molar-refractivity contribution < 1.29 is 26.0 Å². The summed E-state index contributed by atoms with van der Waals surface area (Å²) in [7, 11) is -5.03. The van der Waals surface area contributed by atoms with E-state index in [1.807, 2.05) is 0 Å². The Labute approximate surface area is 73.0 Å². The van der Waals surface area contributed by atoms with Crippen LogP contribution < -0.4 is 9.12 Å². The van der Waals surface area contributed by atoms with Gasteiger partial charge in [0.05, 0.1) is 0 Å². The first-order valence-electron chi connectivity index (χ1n) is 3.04. The Kier molecular flexibility index (Phi) is 2.66. The zero-order valence-corrected chi connectivity index (χ0v) is 6.92. The SMILES string of the molecule is O=S(=O)(F)Oc1ccc(OF)cc1. The molecule has 72 valence electrons. The van der Waals surface area contributed by atoms with Gasteiger partial charge in [-0.2, -0.15) is 8.42 Å². The Hall–Kier alpha value is -1.37. The maximum Gasteiger partial charge on any atom is 0.488 e. The number of rotatable bonds is 3. The molecule has 0 N–H and O–H groups in total. The molecule has 0 atom stereocenters. The highest BCUT2D eigenvalue weighted by atomic mass is 32.3. The Morgan fingerprint density at radius 3 is 1.92 bits per heavy atom. The molecule has 0 saturated heterocycles. The van der Waals surface area contributed by atoms with Crippen LogP contribution in [0.5, 0.6) is 11.5 Å². The van der Waals surface area contributed by atoms with E-state index in [0.29, 0.717) is 0 Å². The molecule has 4 nitrogen and oxygen atoms in total. The fourth-order valence-electron chi connectivity index (χ4n) is 0.662. The molecule has 0 amide bonds. The fraction of sp³-hybridized carbons (Fsp3) is 0. The Balaban J connectivity index is 2.81. The predicted molar refractivity (Wildman–Crippen MR) is 38.8 cm³/mol. The predicted octanol–water partition coefficient (Wildman–Crippen LogP) is 1.54. The van der Waals surface area contributed by atoms with E-state index in [1.165, 1.54) is 0 Å². The highest BCUT2D eigenvalue weighted by molar-refractivity contribution is 7.81. The van der Waals surface area contributed by atoms with Crippen LogP contribution in [0.4, 0.5) is 8.41 Å². The quantitative estimate of drug-likeness (QED) is 0.710. The van der Waals surface area contributed by atoms with Crippen molar-refractivity contribution in [3.63, 3.8) is 0 Å². The summed E-state index contributed by atoms with van der Waals surface area (Å²) in [5, 5.41) is 0. The van der Waals surface area contributed by atoms with E-state index < -0.39 is 10.5 Å². The van der Waals surface area contributed by atoms with Gasteiger partial charge in [-0.3, -0.25) is 4.94 Å². The summed E-state index contributed by atoms with van der Waals surface area (Å²) in [4.78, 5) is 3.30. The average Bonchev–Trinajstić information content (AvgIpc) is 2.03. The molecule has 0 saturated carbocycles. The molecule has 0 aromatic heterocycles. The van der Waals surface area contributed by atoms with Crippen LogP contribution in [0.2, 0.25) is 0 Å². The van der Waals surface area contributed by atoms with E-state index in [9.17, 15) is 16.8 Å². The van der Waals surface area contributed by atoms with E-state index in [4.69, 9.17) is 0 Å². The van der Waals surface area contributed by atoms with E-state index >= 15 is 0 Å². The van der Waals surface area contributed by atoms with Gasteiger partial charge in [-0.1, -0.05) is 3.89 Å². The molecule has 1 aromatic carbocycles. The number of halogens is 2. The van der Waals surface area contributed by atoms with Crippen LogP contribution in [-0.2, 0) is 10.5 Å². The minimum absolute atomic E-state index is 0.136. The summed E-state index contributed by atoms with van der Waals surface area (Å²) >= 11 is 0. The molecule has 0 fully saturated rings. The topological polar surface area (TPSA) is 52.6 Å². The van der Waals surface area contributed by atoms with Gasteiger partial charge in [0.2, 0.25) is 0 Å². The Bertz CT molecular complexity index is 372. The summed E-state index contributed by atoms with van der Waals surface area (Å²) < 4.78 is 47.1. The van der Waals surface area contributed by atoms with Gasteiger partial charge in [-0.05, 0) is 24.3 Å². The summed E-state index contributed by atoms with van der Waals surface area (Å²) in [6.45, 7) is 0. The second kappa shape index (κ2) is 3.56. The Morgan fingerprint density at radius 1 is 1.08 bits per heavy atom. The van der Waals surface area contributed by atoms with Crippen molar-refractivity contribution in [3.8, 4) is 11.5 Å². The third-order valence-corrected chi connectivity index (χ3v) is 1.50. The van der Waals surface area contributed by atoms with Gasteiger partial charge in [-0.15, -0.1) is 0 Å². The van der Waals surface area contributed by atoms with Gasteiger partial charge in [0.15, 0.2) is 5.75 Å². The molecule has 1 aromatic rings. The lowest BCUT2D eigenvalue weighted by molar-refractivity contribution is -0.00623. The van der Waals surface area contributed by atoms with Crippen molar-refractivity contribution in [2.75, 3.05) is 0 Å². The molecule has 13 heavy (non-hydrogen) atoms. The van der Waals surface area contributed by atoms with Gasteiger partial charge in [0.25, 0.3) is 0 Å². The molecule has 0 aliphatic heterocycles. The number of hydrogen-bond acceptors (Lipinski definition) is 4. The first kappa shape index (κ1) is 9.72. The van der Waals surface area contributed by atoms with Gasteiger partial charge in [-0.25, -0.2) is 0 Å². The van der Waals surface area contributed by atoms with Crippen molar-refractivity contribution in [1.29, 1.82) is 0 Å². The van der Waals surface area contributed by atoms with Crippen LogP contribution in [0.1, 0.15) is 0 Å². The summed E-state index contributed by atoms with van der Waals surface area (Å²) in [6, 6.07) is 4.26. The van der Waals surface area contributed by atoms with Gasteiger partial charge in [0.1, 0.15) is 5.75 Å². The molecule has 0 bridgehead atoms. The monoisotopic (exact) mass is 210 g/mol. The summed E-state index contributed by atoms with van der Waals surface area (Å²) in [6.07, 6.45) is 0. The smallest absolute Gasteiger partial charge is 0.358 e. The third kappa shape index (κ3) is 3.24. The first-order valence-corrected chi connectivity index (χ1v) is 4.35. The van der Waals surface area contributed by atoms with Crippen LogP contribution in [0.15, 0.2) is 24.3 Å². The van der Waals surface area contributed by atoms with Crippen molar-refractivity contribution in [2.24, 2.45) is 0 Å². The standard InChI is InChI=1S/C6H4F2O4S/c7-11-5-1-3-6(4-2-5)12-13(8,9)10/h1-4H. The lowest BCUT2D eigenvalue weighted by Crippen LogP contribution is -2.00. The molecule has 0 heterocycles. The molecule has 0 aliphatic carbocycles. The van der Waals surface area contributed by atoms with Gasteiger partial charge < -0.3 is 4.18 Å². The molecule has 0 radical (unpaired) electrons. The number of benzene rings is 1. The maximum absolute atomic E-state index is 11.9. The summed E-state index contributed by atoms with van der Waals surface area (Å²) in [5.41, 5.74) is 0.